The summed E-state index contributed by atoms with van der Waals surface area (Å²) in [5.74, 6) is 0.845. The molecule has 14 nitrogen and oxygen atoms in total. The zero-order valence-corrected chi connectivity index (χ0v) is 35.3. The summed E-state index contributed by atoms with van der Waals surface area (Å²) in [6, 6.07) is 16.5. The van der Waals surface area contributed by atoms with Gasteiger partial charge in [0.1, 0.15) is 5.78 Å². The van der Waals surface area contributed by atoms with Crippen molar-refractivity contribution >= 4 is 39.4 Å². The Morgan fingerprint density at radius 2 is 1.35 bits per heavy atom. The summed E-state index contributed by atoms with van der Waals surface area (Å²) in [5, 5.41) is 0.908. The van der Waals surface area contributed by atoms with E-state index in [9.17, 15) is 9.59 Å². The number of ether oxygens (including phenoxy) is 4. The zero-order valence-electron chi connectivity index (χ0n) is 35.3. The molecule has 0 amide bonds. The highest BCUT2D eigenvalue weighted by Crippen LogP contribution is 2.31. The van der Waals surface area contributed by atoms with Crippen molar-refractivity contribution in [1.82, 2.24) is 29.1 Å². The molecule has 1 aliphatic rings. The van der Waals surface area contributed by atoms with E-state index in [1.165, 1.54) is 0 Å². The second kappa shape index (κ2) is 20.6. The lowest BCUT2D eigenvalue weighted by Gasteiger charge is -2.36. The lowest BCUT2D eigenvalue weighted by atomic mass is 10.0. The standard InChI is InChI=1S/C46H56N8O6/c1-5-19-57-21-23-59-25-26-60-24-22-58-20-14-39(55)11-7-35-29-49-45(50-30-35)53-17-15-52(16-18-53)42-13-10-38(27-33(42)2)54-44-40-28-36(37-8-6-34(3)47-31-37)9-12-41(40)48-32-43(44)51(4)46(54)56/h6,8-10,12-13,27-32H,5,7,11,14-26H2,1-4H3. The van der Waals surface area contributed by atoms with Gasteiger partial charge in [-0.05, 0) is 79.8 Å². The average molecular weight is 817 g/mol. The van der Waals surface area contributed by atoms with Crippen LogP contribution in [0, 0.1) is 13.8 Å². The summed E-state index contributed by atoms with van der Waals surface area (Å²) in [6.07, 6.45) is 9.72. The number of aromatic nitrogens is 6. The lowest BCUT2D eigenvalue weighted by molar-refractivity contribution is -0.120. The third kappa shape index (κ3) is 10.4. The van der Waals surface area contributed by atoms with Gasteiger partial charge in [0.2, 0.25) is 5.95 Å². The molecular weight excluding hydrogens is 761 g/mol. The van der Waals surface area contributed by atoms with Gasteiger partial charge in [-0.25, -0.2) is 14.8 Å². The maximum Gasteiger partial charge on any atom is 0.333 e. The number of carbonyl (C=O) groups is 1. The molecular formula is C46H56N8O6. The van der Waals surface area contributed by atoms with E-state index >= 15 is 0 Å². The number of hydrogen-bond acceptors (Lipinski definition) is 12. The van der Waals surface area contributed by atoms with Crippen molar-refractivity contribution < 1.29 is 23.7 Å². The molecule has 0 unspecified atom stereocenters. The summed E-state index contributed by atoms with van der Waals surface area (Å²) < 4.78 is 25.4. The SMILES string of the molecule is CCCOCCOCCOCCOCCC(=O)CCc1cnc(N2CCN(c3ccc(-n4c(=O)n(C)c5cnc6ccc(-c7ccc(C)nc7)cc6c54)cc3C)CC2)nc1. The minimum Gasteiger partial charge on any atom is -0.379 e. The van der Waals surface area contributed by atoms with Crippen molar-refractivity contribution in [3.05, 3.63) is 101 Å². The van der Waals surface area contributed by atoms with Gasteiger partial charge in [0.15, 0.2) is 0 Å². The van der Waals surface area contributed by atoms with Gasteiger partial charge in [-0.3, -0.25) is 23.9 Å². The Bertz CT molecular complexity index is 2410. The molecule has 316 valence electrons. The number of anilines is 2. The Kier molecular flexibility index (Phi) is 14.6. The summed E-state index contributed by atoms with van der Waals surface area (Å²) in [4.78, 5) is 49.4. The topological polar surface area (TPSA) is 139 Å². The highest BCUT2D eigenvalue weighted by Gasteiger charge is 2.22. The fraction of sp³-hybridized carbons (Fsp3) is 0.435. The number of benzene rings is 2. The largest absolute Gasteiger partial charge is 0.379 e. The van der Waals surface area contributed by atoms with Crippen LogP contribution in [-0.4, -0.2) is 114 Å². The van der Waals surface area contributed by atoms with Crippen molar-refractivity contribution in [2.24, 2.45) is 7.05 Å². The molecule has 14 heteroatoms. The Morgan fingerprint density at radius 1 is 0.683 bits per heavy atom. The monoisotopic (exact) mass is 816 g/mol. The maximum atomic E-state index is 13.8. The van der Waals surface area contributed by atoms with Gasteiger partial charge in [0.25, 0.3) is 0 Å². The van der Waals surface area contributed by atoms with Crippen molar-refractivity contribution in [3.63, 3.8) is 0 Å². The Labute approximate surface area is 351 Å². The highest BCUT2D eigenvalue weighted by atomic mass is 16.6. The number of rotatable bonds is 21. The van der Waals surface area contributed by atoms with Gasteiger partial charge in [-0.15, -0.1) is 0 Å². The smallest absolute Gasteiger partial charge is 0.333 e. The first-order valence-electron chi connectivity index (χ1n) is 21.0. The number of fused-ring (bicyclic) bond motifs is 3. The number of hydrogen-bond donors (Lipinski definition) is 0. The van der Waals surface area contributed by atoms with E-state index in [-0.39, 0.29) is 11.5 Å². The molecule has 7 rings (SSSR count). The lowest BCUT2D eigenvalue weighted by Crippen LogP contribution is -2.47. The van der Waals surface area contributed by atoms with Crippen LogP contribution in [0.2, 0.25) is 0 Å². The van der Waals surface area contributed by atoms with Crippen LogP contribution < -0.4 is 15.5 Å². The Balaban J connectivity index is 0.886. The number of piperazine rings is 1. The first-order valence-corrected chi connectivity index (χ1v) is 21.0. The molecule has 2 aromatic carbocycles. The quantitative estimate of drug-likeness (QED) is 0.0783. The molecule has 0 saturated carbocycles. The number of imidazole rings is 1. The van der Waals surface area contributed by atoms with E-state index in [2.05, 4.69) is 68.9 Å². The molecule has 0 aliphatic carbocycles. The van der Waals surface area contributed by atoms with Crippen LogP contribution in [0.5, 0.6) is 0 Å². The molecule has 0 radical (unpaired) electrons. The van der Waals surface area contributed by atoms with E-state index in [4.69, 9.17) is 23.9 Å². The van der Waals surface area contributed by atoms with E-state index in [0.29, 0.717) is 71.5 Å². The first-order chi connectivity index (χ1) is 29.3. The van der Waals surface area contributed by atoms with E-state index in [1.807, 2.05) is 43.7 Å². The van der Waals surface area contributed by atoms with Crippen LogP contribution in [0.1, 0.15) is 43.0 Å². The molecule has 1 aliphatic heterocycles. The molecule has 6 aromatic rings. The van der Waals surface area contributed by atoms with E-state index < -0.39 is 0 Å². The Hall–Kier alpha value is -5.54. The number of carbonyl (C=O) groups excluding carboxylic acids is 1. The number of ketones is 1. The van der Waals surface area contributed by atoms with E-state index in [0.717, 1.165) is 100 Å². The van der Waals surface area contributed by atoms with Crippen LogP contribution >= 0.6 is 0 Å². The van der Waals surface area contributed by atoms with Crippen LogP contribution in [0.3, 0.4) is 0 Å². The second-order valence-electron chi connectivity index (χ2n) is 15.2. The predicted octanol–water partition coefficient (Wildman–Crippen LogP) is 6.04. The third-order valence-corrected chi connectivity index (χ3v) is 10.8. The first kappa shape index (κ1) is 42.6. The van der Waals surface area contributed by atoms with Gasteiger partial charge < -0.3 is 28.7 Å². The fourth-order valence-electron chi connectivity index (χ4n) is 7.48. The van der Waals surface area contributed by atoms with Crippen molar-refractivity contribution in [2.45, 2.75) is 46.5 Å². The van der Waals surface area contributed by atoms with E-state index in [1.54, 1.807) is 22.4 Å². The minimum absolute atomic E-state index is 0.120. The van der Waals surface area contributed by atoms with Crippen molar-refractivity contribution in [2.75, 3.05) is 88.8 Å². The van der Waals surface area contributed by atoms with Crippen LogP contribution in [0.25, 0.3) is 38.8 Å². The molecule has 1 fully saturated rings. The summed E-state index contributed by atoms with van der Waals surface area (Å²) in [5.41, 5.74) is 9.27. The second-order valence-corrected chi connectivity index (χ2v) is 15.2. The van der Waals surface area contributed by atoms with Crippen molar-refractivity contribution in [3.8, 4) is 16.8 Å². The summed E-state index contributed by atoms with van der Waals surface area (Å²) in [6.45, 7) is 13.6. The molecule has 0 spiro atoms. The van der Waals surface area contributed by atoms with Crippen molar-refractivity contribution in [1.29, 1.82) is 0 Å². The van der Waals surface area contributed by atoms with Crippen LogP contribution in [-0.2, 0) is 37.2 Å². The molecule has 60 heavy (non-hydrogen) atoms. The number of aryl methyl sites for hydroxylation is 4. The van der Waals surface area contributed by atoms with Gasteiger partial charge >= 0.3 is 5.69 Å². The number of Topliss-reactive ketones (excluding diaryl/α,β-unsaturated/α-hetero) is 1. The zero-order chi connectivity index (χ0) is 41.8. The van der Waals surface area contributed by atoms with Crippen LogP contribution in [0.4, 0.5) is 11.6 Å². The predicted molar refractivity (Wildman–Crippen MR) is 234 cm³/mol. The highest BCUT2D eigenvalue weighted by molar-refractivity contribution is 6.04. The summed E-state index contributed by atoms with van der Waals surface area (Å²) in [7, 11) is 1.80. The van der Waals surface area contributed by atoms with Gasteiger partial charge in [-0.2, -0.15) is 0 Å². The van der Waals surface area contributed by atoms with Gasteiger partial charge in [-0.1, -0.05) is 19.1 Å². The average Bonchev–Trinajstić information content (AvgIpc) is 3.53. The molecule has 4 aromatic heterocycles. The van der Waals surface area contributed by atoms with Crippen LogP contribution in [0.15, 0.2) is 78.1 Å². The maximum absolute atomic E-state index is 13.8. The third-order valence-electron chi connectivity index (χ3n) is 10.8. The Morgan fingerprint density at radius 3 is 2.02 bits per heavy atom. The van der Waals surface area contributed by atoms with Gasteiger partial charge in [0, 0.05) is 93.6 Å². The molecule has 0 atom stereocenters. The van der Waals surface area contributed by atoms with Gasteiger partial charge in [0.05, 0.1) is 74.7 Å². The fourth-order valence-corrected chi connectivity index (χ4v) is 7.48. The summed E-state index contributed by atoms with van der Waals surface area (Å²) >= 11 is 0. The molecule has 0 bridgehead atoms. The molecule has 0 N–H and O–H groups in total. The molecule has 1 saturated heterocycles. The minimum atomic E-state index is -0.120. The number of pyridine rings is 2. The molecule has 5 heterocycles. The normalized spacial score (nSPS) is 13.2. The number of nitrogens with zero attached hydrogens (tertiary/aromatic N) is 8.